The maximum Gasteiger partial charge on any atom is 0.332 e. The van der Waals surface area contributed by atoms with Crippen LogP contribution in [-0.2, 0) is 14.3 Å². The number of aliphatic hydroxyl groups excluding tert-OH is 1. The molecule has 2 unspecified atom stereocenters. The Kier molecular flexibility index (Phi) is 11.4. The normalized spacial score (nSPS) is 13.0. The van der Waals surface area contributed by atoms with Crippen molar-refractivity contribution in [2.45, 2.75) is 55.3 Å². The topological polar surface area (TPSA) is 81.8 Å². The molecule has 0 radical (unpaired) electrons. The number of hydrogen-bond acceptors (Lipinski definition) is 6. The number of thioether (sulfide) groups is 1. The van der Waals surface area contributed by atoms with Crippen molar-refractivity contribution in [1.29, 1.82) is 0 Å². The minimum atomic E-state index is -0.791. The van der Waals surface area contributed by atoms with E-state index in [1.54, 1.807) is 0 Å². The third kappa shape index (κ3) is 9.20. The summed E-state index contributed by atoms with van der Waals surface area (Å²) in [5, 5.41) is 10.5. The van der Waals surface area contributed by atoms with Crippen molar-refractivity contribution >= 4 is 23.4 Å². The van der Waals surface area contributed by atoms with Crippen LogP contribution in [0.15, 0.2) is 59.5 Å². The molecule has 0 spiro atoms. The van der Waals surface area contributed by atoms with E-state index in [-0.39, 0.29) is 18.5 Å². The van der Waals surface area contributed by atoms with Crippen LogP contribution in [0.5, 0.6) is 0 Å². The smallest absolute Gasteiger partial charge is 0.332 e. The number of rotatable bonds is 14. The molecule has 5 nitrogen and oxygen atoms in total. The second kappa shape index (κ2) is 14.1. The standard InChI is InChI=1S/C24H33NO4S/c1-2-3-4-5-9-15-29-23(27)18-28-17-22(26)24(19-11-7-6-8-12-19)30-21-14-10-13-20(25)16-21/h6-8,10-14,16,22,24,26H,2-5,9,15,17-18,25H2,1H3. The third-order valence-electron chi connectivity index (χ3n) is 4.62. The summed E-state index contributed by atoms with van der Waals surface area (Å²) in [6, 6.07) is 17.3. The SMILES string of the molecule is CCCCCCCOC(=O)COCC(O)C(Sc1cccc(N)c1)c1ccccc1. The molecule has 0 fully saturated rings. The van der Waals surface area contributed by atoms with E-state index in [1.165, 1.54) is 31.0 Å². The van der Waals surface area contributed by atoms with Gasteiger partial charge in [0.2, 0.25) is 0 Å². The second-order valence-corrected chi connectivity index (χ2v) is 8.45. The van der Waals surface area contributed by atoms with E-state index in [4.69, 9.17) is 15.2 Å². The summed E-state index contributed by atoms with van der Waals surface area (Å²) in [4.78, 5) is 12.8. The highest BCUT2D eigenvalue weighted by molar-refractivity contribution is 7.99. The summed E-state index contributed by atoms with van der Waals surface area (Å²) in [6.45, 7) is 2.48. The highest BCUT2D eigenvalue weighted by Crippen LogP contribution is 2.38. The molecular formula is C24H33NO4S. The largest absolute Gasteiger partial charge is 0.464 e. The Morgan fingerprint density at radius 1 is 1.07 bits per heavy atom. The Labute approximate surface area is 184 Å². The van der Waals surface area contributed by atoms with Gasteiger partial charge >= 0.3 is 5.97 Å². The van der Waals surface area contributed by atoms with Crippen molar-refractivity contribution in [3.05, 3.63) is 60.2 Å². The average molecular weight is 432 g/mol. The number of carbonyl (C=O) groups is 1. The zero-order valence-electron chi connectivity index (χ0n) is 17.7. The van der Waals surface area contributed by atoms with E-state index in [0.29, 0.717) is 12.3 Å². The number of nitrogens with two attached hydrogens (primary N) is 1. The van der Waals surface area contributed by atoms with Crippen LogP contribution in [0.1, 0.15) is 49.8 Å². The predicted octanol–water partition coefficient (Wildman–Crippen LogP) is 4.99. The highest BCUT2D eigenvalue weighted by Gasteiger charge is 2.23. The van der Waals surface area contributed by atoms with Crippen molar-refractivity contribution in [2.24, 2.45) is 0 Å². The zero-order chi connectivity index (χ0) is 21.6. The van der Waals surface area contributed by atoms with Gasteiger partial charge in [0.1, 0.15) is 6.61 Å². The van der Waals surface area contributed by atoms with E-state index in [0.717, 1.165) is 23.3 Å². The van der Waals surface area contributed by atoms with Gasteiger partial charge in [0.15, 0.2) is 0 Å². The average Bonchev–Trinajstić information content (AvgIpc) is 2.75. The molecule has 0 amide bonds. The van der Waals surface area contributed by atoms with Crippen molar-refractivity contribution < 1.29 is 19.4 Å². The summed E-state index contributed by atoms with van der Waals surface area (Å²) < 4.78 is 10.6. The lowest BCUT2D eigenvalue weighted by molar-refractivity contribution is -0.150. The van der Waals surface area contributed by atoms with Crippen molar-refractivity contribution in [1.82, 2.24) is 0 Å². The van der Waals surface area contributed by atoms with E-state index in [1.807, 2.05) is 54.6 Å². The summed E-state index contributed by atoms with van der Waals surface area (Å²) in [5.74, 6) is -0.391. The highest BCUT2D eigenvalue weighted by atomic mass is 32.2. The van der Waals surface area contributed by atoms with Crippen molar-refractivity contribution in [3.8, 4) is 0 Å². The van der Waals surface area contributed by atoms with Gasteiger partial charge in [0, 0.05) is 10.6 Å². The number of unbranched alkanes of at least 4 members (excludes halogenated alkanes) is 4. The molecule has 2 atom stereocenters. The summed E-state index contributed by atoms with van der Waals surface area (Å²) in [7, 11) is 0. The van der Waals surface area contributed by atoms with Crippen LogP contribution in [-0.4, -0.2) is 37.0 Å². The number of esters is 1. The fourth-order valence-electron chi connectivity index (χ4n) is 3.03. The van der Waals surface area contributed by atoms with Crippen LogP contribution in [0.25, 0.3) is 0 Å². The summed E-state index contributed by atoms with van der Waals surface area (Å²) in [6.07, 6.45) is 4.73. The van der Waals surface area contributed by atoms with Gasteiger partial charge in [-0.15, -0.1) is 11.8 Å². The molecule has 2 rings (SSSR count). The van der Waals surface area contributed by atoms with E-state index < -0.39 is 12.1 Å². The monoisotopic (exact) mass is 431 g/mol. The van der Waals surface area contributed by atoms with Gasteiger partial charge in [-0.05, 0) is 30.2 Å². The first-order valence-electron chi connectivity index (χ1n) is 10.6. The number of hydrogen-bond donors (Lipinski definition) is 2. The Hall–Kier alpha value is -2.02. The molecule has 0 saturated heterocycles. The molecule has 0 aromatic heterocycles. The van der Waals surface area contributed by atoms with Gasteiger partial charge in [0.25, 0.3) is 0 Å². The minimum absolute atomic E-state index is 0.0421. The number of ether oxygens (including phenoxy) is 2. The predicted molar refractivity (Wildman–Crippen MR) is 122 cm³/mol. The fourth-order valence-corrected chi connectivity index (χ4v) is 4.21. The number of nitrogen functional groups attached to an aromatic ring is 1. The fraction of sp³-hybridized carbons (Fsp3) is 0.458. The lowest BCUT2D eigenvalue weighted by Gasteiger charge is -2.23. The Balaban J connectivity index is 1.81. The van der Waals surface area contributed by atoms with Crippen LogP contribution >= 0.6 is 11.8 Å². The van der Waals surface area contributed by atoms with Crippen LogP contribution in [0.4, 0.5) is 5.69 Å². The second-order valence-electron chi connectivity index (χ2n) is 7.24. The molecule has 0 bridgehead atoms. The Bertz CT molecular complexity index is 741. The molecule has 0 aliphatic heterocycles. The number of anilines is 1. The molecule has 0 heterocycles. The van der Waals surface area contributed by atoms with Crippen LogP contribution in [0, 0.1) is 0 Å². The van der Waals surface area contributed by atoms with Crippen molar-refractivity contribution in [2.75, 3.05) is 25.6 Å². The van der Waals surface area contributed by atoms with Gasteiger partial charge in [0.05, 0.1) is 24.6 Å². The van der Waals surface area contributed by atoms with E-state index >= 15 is 0 Å². The first-order chi connectivity index (χ1) is 14.6. The van der Waals surface area contributed by atoms with Gasteiger partial charge < -0.3 is 20.3 Å². The maximum absolute atomic E-state index is 11.8. The summed E-state index contributed by atoms with van der Waals surface area (Å²) >= 11 is 1.52. The molecule has 0 saturated carbocycles. The summed E-state index contributed by atoms with van der Waals surface area (Å²) in [5.41, 5.74) is 7.54. The molecule has 0 aliphatic rings. The molecular weight excluding hydrogens is 398 g/mol. The zero-order valence-corrected chi connectivity index (χ0v) is 18.5. The number of benzene rings is 2. The van der Waals surface area contributed by atoms with Gasteiger partial charge in [-0.1, -0.05) is 69.0 Å². The number of carbonyl (C=O) groups excluding carboxylic acids is 1. The van der Waals surface area contributed by atoms with E-state index in [9.17, 15) is 9.90 Å². The van der Waals surface area contributed by atoms with E-state index in [2.05, 4.69) is 6.92 Å². The molecule has 3 N–H and O–H groups in total. The molecule has 164 valence electrons. The van der Waals surface area contributed by atoms with Crippen LogP contribution in [0.3, 0.4) is 0 Å². The molecule has 0 aliphatic carbocycles. The Morgan fingerprint density at radius 3 is 2.57 bits per heavy atom. The molecule has 6 heteroatoms. The van der Waals surface area contributed by atoms with Crippen LogP contribution < -0.4 is 5.73 Å². The Morgan fingerprint density at radius 2 is 1.83 bits per heavy atom. The first kappa shape index (κ1) is 24.3. The van der Waals surface area contributed by atoms with Gasteiger partial charge in [-0.25, -0.2) is 4.79 Å². The van der Waals surface area contributed by atoms with Crippen molar-refractivity contribution in [3.63, 3.8) is 0 Å². The molecule has 2 aromatic rings. The number of aliphatic hydroxyl groups is 1. The quantitative estimate of drug-likeness (QED) is 0.190. The third-order valence-corrected chi connectivity index (χ3v) is 5.98. The lowest BCUT2D eigenvalue weighted by Crippen LogP contribution is -2.25. The van der Waals surface area contributed by atoms with Gasteiger partial charge in [-0.3, -0.25) is 0 Å². The maximum atomic E-state index is 11.8. The van der Waals surface area contributed by atoms with Crippen LogP contribution in [0.2, 0.25) is 0 Å². The minimum Gasteiger partial charge on any atom is -0.464 e. The molecule has 2 aromatic carbocycles. The molecule has 30 heavy (non-hydrogen) atoms. The first-order valence-corrected chi connectivity index (χ1v) is 11.5. The lowest BCUT2D eigenvalue weighted by atomic mass is 10.1. The van der Waals surface area contributed by atoms with Gasteiger partial charge in [-0.2, -0.15) is 0 Å².